The Hall–Kier alpha value is -0.290. The highest BCUT2D eigenvalue weighted by Gasteiger charge is 2.62. The van der Waals surface area contributed by atoms with Gasteiger partial charge in [-0.3, -0.25) is 0 Å². The summed E-state index contributed by atoms with van der Waals surface area (Å²) in [6, 6.07) is 0. The lowest BCUT2D eigenvalue weighted by atomic mass is 10.2. The van der Waals surface area contributed by atoms with Crippen molar-refractivity contribution in [1.82, 2.24) is 5.32 Å². The van der Waals surface area contributed by atoms with E-state index in [1.807, 2.05) is 13.8 Å². The van der Waals surface area contributed by atoms with E-state index in [-0.39, 0.29) is 19.4 Å². The second-order valence-corrected chi connectivity index (χ2v) is 4.48. The van der Waals surface area contributed by atoms with Crippen LogP contribution < -0.4 is 5.32 Å². The van der Waals surface area contributed by atoms with E-state index in [1.165, 1.54) is 0 Å². The van der Waals surface area contributed by atoms with E-state index in [2.05, 4.69) is 5.32 Å². The molecule has 1 aliphatic rings. The van der Waals surface area contributed by atoms with E-state index in [0.717, 1.165) is 0 Å². The van der Waals surface area contributed by atoms with Crippen LogP contribution in [0.25, 0.3) is 0 Å². The molecule has 0 saturated heterocycles. The van der Waals surface area contributed by atoms with Gasteiger partial charge >= 0.3 is 6.18 Å². The Bertz CT molecular complexity index is 199. The summed E-state index contributed by atoms with van der Waals surface area (Å²) in [5.74, 6) is 0.419. The van der Waals surface area contributed by atoms with Crippen LogP contribution in [0.2, 0.25) is 0 Å². The third kappa shape index (κ3) is 3.65. The topological polar surface area (TPSA) is 21.3 Å². The Morgan fingerprint density at radius 2 is 1.93 bits per heavy atom. The summed E-state index contributed by atoms with van der Waals surface area (Å²) in [6.07, 6.45) is -3.73. The fourth-order valence-corrected chi connectivity index (χ4v) is 1.37. The highest BCUT2D eigenvalue weighted by Crippen LogP contribution is 2.48. The summed E-state index contributed by atoms with van der Waals surface area (Å²) in [4.78, 5) is 0. The molecule has 0 bridgehead atoms. The molecule has 1 rings (SSSR count). The molecule has 0 aliphatic heterocycles. The molecule has 0 amide bonds. The first-order valence-electron chi connectivity index (χ1n) is 5.27. The lowest BCUT2D eigenvalue weighted by molar-refractivity contribution is -0.166. The summed E-state index contributed by atoms with van der Waals surface area (Å²) in [5, 5.41) is 2.53. The molecular formula is C10H18F3NO. The van der Waals surface area contributed by atoms with E-state index >= 15 is 0 Å². The van der Waals surface area contributed by atoms with Gasteiger partial charge in [-0.1, -0.05) is 13.8 Å². The van der Waals surface area contributed by atoms with Crippen molar-refractivity contribution in [2.75, 3.05) is 19.8 Å². The van der Waals surface area contributed by atoms with E-state index in [4.69, 9.17) is 4.74 Å². The zero-order valence-corrected chi connectivity index (χ0v) is 9.16. The minimum Gasteiger partial charge on any atom is -0.380 e. The minimum atomic E-state index is -4.12. The van der Waals surface area contributed by atoms with E-state index in [0.29, 0.717) is 19.1 Å². The van der Waals surface area contributed by atoms with Crippen molar-refractivity contribution in [2.45, 2.75) is 38.4 Å². The minimum absolute atomic E-state index is 0.195. The normalized spacial score (nSPS) is 19.6. The number of halogens is 3. The molecule has 0 unspecified atom stereocenters. The first-order valence-corrected chi connectivity index (χ1v) is 5.27. The van der Waals surface area contributed by atoms with Crippen LogP contribution in [-0.4, -0.2) is 31.5 Å². The average Bonchev–Trinajstić information content (AvgIpc) is 2.82. The maximum atomic E-state index is 12.4. The third-order valence-corrected chi connectivity index (χ3v) is 2.45. The van der Waals surface area contributed by atoms with Crippen LogP contribution in [0.15, 0.2) is 0 Å². The molecule has 1 N–H and O–H groups in total. The molecular weight excluding hydrogens is 207 g/mol. The van der Waals surface area contributed by atoms with Crippen molar-refractivity contribution < 1.29 is 17.9 Å². The Labute approximate surface area is 88.2 Å². The van der Waals surface area contributed by atoms with Gasteiger partial charge in [0, 0.05) is 13.2 Å². The molecule has 1 saturated carbocycles. The number of hydrogen-bond acceptors (Lipinski definition) is 2. The fraction of sp³-hybridized carbons (Fsp3) is 1.00. The quantitative estimate of drug-likeness (QED) is 0.700. The van der Waals surface area contributed by atoms with Crippen LogP contribution in [0, 0.1) is 5.92 Å². The lowest BCUT2D eigenvalue weighted by Crippen LogP contribution is -2.46. The zero-order chi connectivity index (χ0) is 11.5. The molecule has 5 heteroatoms. The molecule has 1 fully saturated rings. The van der Waals surface area contributed by atoms with Crippen LogP contribution in [0.4, 0.5) is 13.2 Å². The number of alkyl halides is 3. The van der Waals surface area contributed by atoms with Gasteiger partial charge in [0.15, 0.2) is 0 Å². The van der Waals surface area contributed by atoms with Crippen molar-refractivity contribution in [3.8, 4) is 0 Å². The van der Waals surface area contributed by atoms with Gasteiger partial charge in [0.1, 0.15) is 5.54 Å². The fourth-order valence-electron chi connectivity index (χ4n) is 1.37. The van der Waals surface area contributed by atoms with E-state index < -0.39 is 11.7 Å². The maximum Gasteiger partial charge on any atom is 0.406 e. The van der Waals surface area contributed by atoms with Crippen molar-refractivity contribution in [1.29, 1.82) is 0 Å². The summed E-state index contributed by atoms with van der Waals surface area (Å²) >= 11 is 0. The predicted octanol–water partition coefficient (Wildman–Crippen LogP) is 2.34. The molecule has 2 nitrogen and oxygen atoms in total. The van der Waals surface area contributed by atoms with Gasteiger partial charge in [-0.2, -0.15) is 13.2 Å². The second kappa shape index (κ2) is 4.70. The van der Waals surface area contributed by atoms with Gasteiger partial charge in [-0.05, 0) is 18.8 Å². The Balaban J connectivity index is 2.11. The smallest absolute Gasteiger partial charge is 0.380 e. The molecule has 0 atom stereocenters. The van der Waals surface area contributed by atoms with Gasteiger partial charge in [0.25, 0.3) is 0 Å². The first kappa shape index (κ1) is 12.8. The molecule has 0 radical (unpaired) electrons. The Morgan fingerprint density at radius 1 is 1.33 bits per heavy atom. The molecule has 0 aromatic heterocycles. The van der Waals surface area contributed by atoms with Gasteiger partial charge in [-0.25, -0.2) is 0 Å². The first-order chi connectivity index (χ1) is 6.87. The second-order valence-electron chi connectivity index (χ2n) is 4.48. The molecule has 0 spiro atoms. The third-order valence-electron chi connectivity index (χ3n) is 2.45. The summed E-state index contributed by atoms with van der Waals surface area (Å²) in [5.41, 5.74) is -1.60. The Kier molecular flexibility index (Phi) is 4.00. The number of ether oxygens (including phenoxy) is 1. The van der Waals surface area contributed by atoms with Crippen LogP contribution in [0.1, 0.15) is 26.7 Å². The van der Waals surface area contributed by atoms with Crippen molar-refractivity contribution in [3.63, 3.8) is 0 Å². The standard InChI is InChI=1S/C10H18F3NO/c1-8(2)7-15-6-5-14-9(3-4-9)10(11,12)13/h8,14H,3-7H2,1-2H3. The summed E-state index contributed by atoms with van der Waals surface area (Å²) < 4.78 is 42.5. The van der Waals surface area contributed by atoms with Crippen LogP contribution in [-0.2, 0) is 4.74 Å². The van der Waals surface area contributed by atoms with Crippen LogP contribution >= 0.6 is 0 Å². The largest absolute Gasteiger partial charge is 0.406 e. The Morgan fingerprint density at radius 3 is 2.33 bits per heavy atom. The van der Waals surface area contributed by atoms with Gasteiger partial charge in [-0.15, -0.1) is 0 Å². The SMILES string of the molecule is CC(C)COCCNC1(C(F)(F)F)CC1. The van der Waals surface area contributed by atoms with Crippen LogP contribution in [0.3, 0.4) is 0 Å². The van der Waals surface area contributed by atoms with Gasteiger partial charge in [0.05, 0.1) is 6.61 Å². The van der Waals surface area contributed by atoms with Crippen molar-refractivity contribution in [2.24, 2.45) is 5.92 Å². The van der Waals surface area contributed by atoms with Gasteiger partial charge in [0.2, 0.25) is 0 Å². The van der Waals surface area contributed by atoms with E-state index in [1.54, 1.807) is 0 Å². The van der Waals surface area contributed by atoms with Crippen LogP contribution in [0.5, 0.6) is 0 Å². The molecule has 0 aromatic rings. The van der Waals surface area contributed by atoms with Crippen molar-refractivity contribution >= 4 is 0 Å². The molecule has 1 aliphatic carbocycles. The number of nitrogens with one attached hydrogen (secondary N) is 1. The molecule has 0 heterocycles. The predicted molar refractivity (Wildman–Crippen MR) is 51.7 cm³/mol. The van der Waals surface area contributed by atoms with Gasteiger partial charge < -0.3 is 10.1 Å². The lowest BCUT2D eigenvalue weighted by Gasteiger charge is -2.20. The summed E-state index contributed by atoms with van der Waals surface area (Å²) in [6.45, 7) is 5.22. The molecule has 90 valence electrons. The molecule has 0 aromatic carbocycles. The zero-order valence-electron chi connectivity index (χ0n) is 9.16. The number of hydrogen-bond donors (Lipinski definition) is 1. The monoisotopic (exact) mass is 225 g/mol. The highest BCUT2D eigenvalue weighted by molar-refractivity contribution is 5.07. The highest BCUT2D eigenvalue weighted by atomic mass is 19.4. The number of rotatable bonds is 6. The van der Waals surface area contributed by atoms with E-state index in [9.17, 15) is 13.2 Å². The molecule has 15 heavy (non-hydrogen) atoms. The maximum absolute atomic E-state index is 12.4. The average molecular weight is 225 g/mol. The summed E-state index contributed by atoms with van der Waals surface area (Å²) in [7, 11) is 0. The van der Waals surface area contributed by atoms with Crippen molar-refractivity contribution in [3.05, 3.63) is 0 Å².